The summed E-state index contributed by atoms with van der Waals surface area (Å²) in [7, 11) is 0. The van der Waals surface area contributed by atoms with Gasteiger partial charge < -0.3 is 15.4 Å². The van der Waals surface area contributed by atoms with Crippen LogP contribution in [-0.2, 0) is 6.54 Å². The monoisotopic (exact) mass is 369 g/mol. The molecule has 2 heterocycles. The Morgan fingerprint density at radius 3 is 2.89 bits per heavy atom. The Balaban J connectivity index is 1.36. The van der Waals surface area contributed by atoms with Crippen molar-refractivity contribution in [1.82, 2.24) is 25.6 Å². The molecule has 2 aromatic rings. The van der Waals surface area contributed by atoms with Gasteiger partial charge in [-0.15, -0.1) is 5.10 Å². The van der Waals surface area contributed by atoms with Crippen molar-refractivity contribution < 1.29 is 9.53 Å². The van der Waals surface area contributed by atoms with Crippen molar-refractivity contribution in [2.75, 3.05) is 19.7 Å². The highest BCUT2D eigenvalue weighted by atomic mass is 16.5. The molecule has 0 radical (unpaired) electrons. The number of piperidine rings is 1. The van der Waals surface area contributed by atoms with E-state index in [1.54, 1.807) is 6.20 Å². The number of aromatic nitrogens is 3. The number of carbonyl (C=O) groups is 1. The normalized spacial score (nSPS) is 17.7. The first-order chi connectivity index (χ1) is 13.2. The Kier molecular flexibility index (Phi) is 5.38. The van der Waals surface area contributed by atoms with Gasteiger partial charge in [0.05, 0.1) is 18.8 Å². The maximum atomic E-state index is 12.5. The predicted octanol–water partition coefficient (Wildman–Crippen LogP) is 2.23. The molecule has 4 rings (SSSR count). The van der Waals surface area contributed by atoms with Crippen molar-refractivity contribution >= 4 is 5.91 Å². The maximum Gasteiger partial charge on any atom is 0.273 e. The van der Waals surface area contributed by atoms with Gasteiger partial charge in [0.15, 0.2) is 5.69 Å². The minimum atomic E-state index is -0.205. The van der Waals surface area contributed by atoms with Crippen LogP contribution in [0, 0.1) is 12.8 Å². The molecule has 7 nitrogen and oxygen atoms in total. The van der Waals surface area contributed by atoms with E-state index in [1.165, 1.54) is 12.8 Å². The molecule has 2 fully saturated rings. The standard InChI is InChI=1S/C20H27N5O2/c1-14-2-5-16(19(10-14)27-13-15-3-4-15)11-22-20(26)18-12-25(24-23-18)17-6-8-21-9-7-17/h2,5,10,12,15,17,21H,3-4,6-9,11,13H2,1H3,(H,22,26). The smallest absolute Gasteiger partial charge is 0.273 e. The number of rotatable bonds is 7. The molecule has 1 aliphatic carbocycles. The Hall–Kier alpha value is -2.41. The lowest BCUT2D eigenvalue weighted by molar-refractivity contribution is 0.0945. The third-order valence-electron chi connectivity index (χ3n) is 5.26. The van der Waals surface area contributed by atoms with Crippen LogP contribution in [0.3, 0.4) is 0 Å². The molecule has 144 valence electrons. The van der Waals surface area contributed by atoms with E-state index in [2.05, 4.69) is 20.9 Å². The van der Waals surface area contributed by atoms with Crippen molar-refractivity contribution in [1.29, 1.82) is 0 Å². The number of carbonyl (C=O) groups excluding carboxylic acids is 1. The minimum Gasteiger partial charge on any atom is -0.493 e. The third-order valence-corrected chi connectivity index (χ3v) is 5.26. The highest BCUT2D eigenvalue weighted by molar-refractivity contribution is 5.91. The van der Waals surface area contributed by atoms with Crippen LogP contribution in [0.25, 0.3) is 0 Å². The van der Waals surface area contributed by atoms with E-state index in [4.69, 9.17) is 4.74 Å². The van der Waals surface area contributed by atoms with Crippen LogP contribution >= 0.6 is 0 Å². The SMILES string of the molecule is Cc1ccc(CNC(=O)c2cn(C3CCNCC3)nn2)c(OCC2CC2)c1. The lowest BCUT2D eigenvalue weighted by Gasteiger charge is -2.22. The lowest BCUT2D eigenvalue weighted by Crippen LogP contribution is -2.29. The van der Waals surface area contributed by atoms with Crippen LogP contribution in [0.15, 0.2) is 24.4 Å². The number of ether oxygens (including phenoxy) is 1. The molecule has 0 atom stereocenters. The van der Waals surface area contributed by atoms with Gasteiger partial charge in [-0.2, -0.15) is 0 Å². The Labute approximate surface area is 159 Å². The number of amides is 1. The van der Waals surface area contributed by atoms with Crippen LogP contribution in [-0.4, -0.2) is 40.6 Å². The summed E-state index contributed by atoms with van der Waals surface area (Å²) in [4.78, 5) is 12.5. The molecular formula is C20H27N5O2. The molecule has 27 heavy (non-hydrogen) atoms. The van der Waals surface area contributed by atoms with Crippen molar-refractivity contribution in [3.8, 4) is 5.75 Å². The summed E-state index contributed by atoms with van der Waals surface area (Å²) in [5.74, 6) is 1.35. The van der Waals surface area contributed by atoms with E-state index in [-0.39, 0.29) is 5.91 Å². The zero-order valence-corrected chi connectivity index (χ0v) is 15.8. The zero-order valence-electron chi connectivity index (χ0n) is 15.8. The van der Waals surface area contributed by atoms with Gasteiger partial charge in [-0.3, -0.25) is 4.79 Å². The number of nitrogens with zero attached hydrogens (tertiary/aromatic N) is 3. The largest absolute Gasteiger partial charge is 0.493 e. The molecule has 1 amide bonds. The van der Waals surface area contributed by atoms with E-state index in [9.17, 15) is 4.79 Å². The van der Waals surface area contributed by atoms with Gasteiger partial charge in [0.2, 0.25) is 0 Å². The topological polar surface area (TPSA) is 81.1 Å². The Bertz CT molecular complexity index is 793. The van der Waals surface area contributed by atoms with Crippen molar-refractivity contribution in [3.63, 3.8) is 0 Å². The van der Waals surface area contributed by atoms with Crippen molar-refractivity contribution in [2.24, 2.45) is 5.92 Å². The van der Waals surface area contributed by atoms with E-state index < -0.39 is 0 Å². The third kappa shape index (κ3) is 4.66. The average molecular weight is 369 g/mol. The van der Waals surface area contributed by atoms with Gasteiger partial charge in [0.1, 0.15) is 5.75 Å². The summed E-state index contributed by atoms with van der Waals surface area (Å²) in [6.07, 6.45) is 6.28. The minimum absolute atomic E-state index is 0.205. The fraction of sp³-hybridized carbons (Fsp3) is 0.550. The first kappa shape index (κ1) is 18.0. The summed E-state index contributed by atoms with van der Waals surface area (Å²) in [5.41, 5.74) is 2.50. The quantitative estimate of drug-likeness (QED) is 0.782. The summed E-state index contributed by atoms with van der Waals surface area (Å²) in [6.45, 7) is 5.17. The highest BCUT2D eigenvalue weighted by Gasteiger charge is 2.23. The molecule has 0 unspecified atom stereocenters. The second kappa shape index (κ2) is 8.08. The second-order valence-electron chi connectivity index (χ2n) is 7.61. The van der Waals surface area contributed by atoms with Gasteiger partial charge in [-0.25, -0.2) is 4.68 Å². The number of hydrogen-bond donors (Lipinski definition) is 2. The molecule has 1 aliphatic heterocycles. The van der Waals surface area contributed by atoms with Crippen molar-refractivity contribution in [2.45, 2.75) is 45.2 Å². The van der Waals surface area contributed by atoms with E-state index in [0.29, 0.717) is 24.2 Å². The Morgan fingerprint density at radius 1 is 1.30 bits per heavy atom. The van der Waals surface area contributed by atoms with Gasteiger partial charge in [0, 0.05) is 12.1 Å². The number of nitrogens with one attached hydrogen (secondary N) is 2. The molecule has 2 N–H and O–H groups in total. The van der Waals surface area contributed by atoms with Crippen LogP contribution in [0.2, 0.25) is 0 Å². The molecule has 1 saturated carbocycles. The molecule has 1 aromatic carbocycles. The maximum absolute atomic E-state index is 12.5. The predicted molar refractivity (Wildman–Crippen MR) is 102 cm³/mol. The zero-order chi connectivity index (χ0) is 18.6. The van der Waals surface area contributed by atoms with Gasteiger partial charge in [-0.05, 0) is 63.2 Å². The molecule has 1 saturated heterocycles. The van der Waals surface area contributed by atoms with Crippen LogP contribution < -0.4 is 15.4 Å². The molecule has 1 aromatic heterocycles. The fourth-order valence-corrected chi connectivity index (χ4v) is 3.33. The first-order valence-electron chi connectivity index (χ1n) is 9.82. The van der Waals surface area contributed by atoms with Gasteiger partial charge in [-0.1, -0.05) is 17.3 Å². The summed E-state index contributed by atoms with van der Waals surface area (Å²) in [5, 5.41) is 14.5. The molecule has 2 aliphatic rings. The molecule has 0 spiro atoms. The van der Waals surface area contributed by atoms with Crippen LogP contribution in [0.1, 0.15) is 53.3 Å². The number of aryl methyl sites for hydroxylation is 1. The highest BCUT2D eigenvalue weighted by Crippen LogP contribution is 2.30. The van der Waals surface area contributed by atoms with Crippen LogP contribution in [0.5, 0.6) is 5.75 Å². The lowest BCUT2D eigenvalue weighted by atomic mass is 10.1. The van der Waals surface area contributed by atoms with E-state index in [0.717, 1.165) is 49.4 Å². The summed E-state index contributed by atoms with van der Waals surface area (Å²) < 4.78 is 7.80. The average Bonchev–Trinajstić information content (AvgIpc) is 3.39. The van der Waals surface area contributed by atoms with Gasteiger partial charge >= 0.3 is 0 Å². The number of benzene rings is 1. The van der Waals surface area contributed by atoms with Crippen molar-refractivity contribution in [3.05, 3.63) is 41.2 Å². The Morgan fingerprint density at radius 2 is 2.11 bits per heavy atom. The molecule has 0 bridgehead atoms. The van der Waals surface area contributed by atoms with Crippen LogP contribution in [0.4, 0.5) is 0 Å². The van der Waals surface area contributed by atoms with E-state index >= 15 is 0 Å². The molecule has 7 heteroatoms. The number of hydrogen-bond acceptors (Lipinski definition) is 5. The summed E-state index contributed by atoms with van der Waals surface area (Å²) >= 11 is 0. The molecular weight excluding hydrogens is 342 g/mol. The fourth-order valence-electron chi connectivity index (χ4n) is 3.33. The second-order valence-corrected chi connectivity index (χ2v) is 7.61. The first-order valence-corrected chi connectivity index (χ1v) is 9.82. The summed E-state index contributed by atoms with van der Waals surface area (Å²) in [6, 6.07) is 6.42. The van der Waals surface area contributed by atoms with Gasteiger partial charge in [0.25, 0.3) is 5.91 Å². The van der Waals surface area contributed by atoms with E-state index in [1.807, 2.05) is 29.8 Å².